The summed E-state index contributed by atoms with van der Waals surface area (Å²) < 4.78 is 29.4. The van der Waals surface area contributed by atoms with Gasteiger partial charge in [0.1, 0.15) is 42.8 Å². The number of methoxy groups -OCH3 is 3. The van der Waals surface area contributed by atoms with Crippen LogP contribution in [0, 0.1) is 35.5 Å². The molecule has 7 N–H and O–H groups in total. The van der Waals surface area contributed by atoms with Gasteiger partial charge in [-0.25, -0.2) is 4.79 Å². The van der Waals surface area contributed by atoms with Crippen molar-refractivity contribution < 1.29 is 82.8 Å². The summed E-state index contributed by atoms with van der Waals surface area (Å²) in [5.41, 5.74) is 6.23. The molecule has 19 nitrogen and oxygen atoms in total. The number of Topliss-reactive ketones (excluding diaryl/α,β-unsaturated/α-hetero) is 4. The van der Waals surface area contributed by atoms with Crippen LogP contribution in [0.25, 0.3) is 0 Å². The predicted molar refractivity (Wildman–Crippen MR) is 277 cm³/mol. The minimum absolute atomic E-state index is 0.0193. The Morgan fingerprint density at radius 3 is 2.20 bits per heavy atom. The molecule has 0 radical (unpaired) electrons. The molecule has 75 heavy (non-hydrogen) atoms. The van der Waals surface area contributed by atoms with Crippen LogP contribution in [0.15, 0.2) is 47.6 Å². The van der Waals surface area contributed by atoms with Gasteiger partial charge in [0.2, 0.25) is 5.79 Å². The van der Waals surface area contributed by atoms with Crippen molar-refractivity contribution in [3.8, 4) is 0 Å². The monoisotopic (exact) mass is 1060 g/mol. The molecule has 1 amide bonds. The Morgan fingerprint density at radius 2 is 1.57 bits per heavy atom. The van der Waals surface area contributed by atoms with Crippen molar-refractivity contribution in [3.63, 3.8) is 0 Å². The number of hydrogen-bond donors (Lipinski definition) is 6. The molecule has 424 valence electrons. The molecule has 0 aromatic carbocycles. The number of esters is 1. The van der Waals surface area contributed by atoms with Crippen molar-refractivity contribution in [2.24, 2.45) is 41.2 Å². The lowest BCUT2D eigenvalue weighted by Gasteiger charge is -2.42. The van der Waals surface area contributed by atoms with E-state index in [9.17, 15) is 48.9 Å². The van der Waals surface area contributed by atoms with E-state index in [0.29, 0.717) is 63.4 Å². The second-order valence-corrected chi connectivity index (χ2v) is 21.4. The number of piperidine rings is 1. The number of amides is 1. The zero-order valence-electron chi connectivity index (χ0n) is 45.9. The van der Waals surface area contributed by atoms with Gasteiger partial charge < -0.3 is 59.9 Å². The number of cyclic esters (lactones) is 1. The van der Waals surface area contributed by atoms with Gasteiger partial charge in [-0.05, 0) is 107 Å². The average molecular weight is 1060 g/mol. The highest BCUT2D eigenvalue weighted by molar-refractivity contribution is 6.39. The molecule has 2 bridgehead atoms. The molecule has 4 aliphatic rings. The van der Waals surface area contributed by atoms with E-state index in [-0.39, 0.29) is 61.2 Å². The van der Waals surface area contributed by atoms with Crippen LogP contribution in [0.5, 0.6) is 0 Å². The number of carbonyl (C=O) groups excluding carboxylic acids is 6. The summed E-state index contributed by atoms with van der Waals surface area (Å²) in [4.78, 5) is 92.1. The number of aliphatic carboxylic acids is 1. The maximum Gasteiger partial charge on any atom is 0.329 e. The second-order valence-electron chi connectivity index (χ2n) is 21.4. The number of carboxylic acids is 1. The van der Waals surface area contributed by atoms with Crippen LogP contribution in [0.2, 0.25) is 0 Å². The Kier molecular flexibility index (Phi) is 27.0. The fourth-order valence-electron chi connectivity index (χ4n) is 10.5. The predicted octanol–water partition coefficient (Wildman–Crippen LogP) is 4.53. The van der Waals surface area contributed by atoms with Crippen LogP contribution in [0.1, 0.15) is 132 Å². The first-order valence-corrected chi connectivity index (χ1v) is 26.6. The van der Waals surface area contributed by atoms with Gasteiger partial charge in [0, 0.05) is 64.9 Å². The number of ether oxygens (including phenoxy) is 5. The molecule has 2 saturated heterocycles. The Morgan fingerprint density at radius 1 is 0.880 bits per heavy atom. The van der Waals surface area contributed by atoms with Gasteiger partial charge in [-0.1, -0.05) is 71.1 Å². The highest BCUT2D eigenvalue weighted by Gasteiger charge is 2.53. The minimum Gasteiger partial charge on any atom is -0.480 e. The van der Waals surface area contributed by atoms with E-state index in [1.54, 1.807) is 41.1 Å². The Bertz CT molecular complexity index is 2050. The topological polar surface area (TPSA) is 296 Å². The van der Waals surface area contributed by atoms with Gasteiger partial charge in [-0.3, -0.25) is 28.8 Å². The van der Waals surface area contributed by atoms with Crippen LogP contribution in [0.3, 0.4) is 0 Å². The highest BCUT2D eigenvalue weighted by atomic mass is 16.6. The normalized spacial score (nSPS) is 36.7. The summed E-state index contributed by atoms with van der Waals surface area (Å²) in [5, 5.41) is 50.2. The number of carboxylic acid groups (broad SMARTS) is 1. The van der Waals surface area contributed by atoms with E-state index >= 15 is 0 Å². The fraction of sp³-hybridized carbons (Fsp3) is 0.732. The quantitative estimate of drug-likeness (QED) is 0.0995. The van der Waals surface area contributed by atoms with E-state index < -0.39 is 108 Å². The van der Waals surface area contributed by atoms with Crippen LogP contribution < -0.4 is 5.73 Å². The molecule has 3 heterocycles. The summed E-state index contributed by atoms with van der Waals surface area (Å²) >= 11 is 0. The number of rotatable bonds is 10. The fourth-order valence-corrected chi connectivity index (χ4v) is 10.5. The third-order valence-corrected chi connectivity index (χ3v) is 15.4. The van der Waals surface area contributed by atoms with E-state index in [0.717, 1.165) is 12.0 Å². The number of ketones is 4. The second kappa shape index (κ2) is 31.2. The SMILES string of the molecule is CO[C@H]1C[C@@H]2CC[C@@H](C)[C@@](O)(O2)C(=O)C(=O)N2CCCC[C@H]2C(=O)O[C@H]([C@H](C)C[C@@H]2CC[C@@H](O)[C@H](OC)C2)CC(=O)[C@H](C)/C=C(\C)[C@@H](O)[C@@H](OC)C(=O)[C@H](C)C[C@H](C)\C=C/C=C/C=C/1C.N[C@@H](CC(=O)CO)C(=O)O. The zero-order valence-corrected chi connectivity index (χ0v) is 45.9. The first-order valence-electron chi connectivity index (χ1n) is 26.6. The maximum absolute atomic E-state index is 14.4. The van der Waals surface area contributed by atoms with Crippen molar-refractivity contribution >= 4 is 41.0 Å². The smallest absolute Gasteiger partial charge is 0.329 e. The number of carbonyl (C=O) groups is 7. The van der Waals surface area contributed by atoms with E-state index in [1.807, 2.05) is 58.1 Å². The number of fused-ring (bicyclic) bond motifs is 3. The van der Waals surface area contributed by atoms with Gasteiger partial charge in [-0.15, -0.1) is 0 Å². The summed E-state index contributed by atoms with van der Waals surface area (Å²) in [5.74, 6) is -9.75. The molecule has 16 atom stereocenters. The molecular weight excluding hydrogens is 973 g/mol. The molecule has 1 saturated carbocycles. The molecule has 0 spiro atoms. The Labute approximate surface area is 443 Å². The number of hydrogen-bond acceptors (Lipinski definition) is 17. The molecule has 0 aromatic heterocycles. The molecule has 19 heteroatoms. The third kappa shape index (κ3) is 19.0. The summed E-state index contributed by atoms with van der Waals surface area (Å²) in [6.07, 6.45) is 10.9. The van der Waals surface area contributed by atoms with Crippen LogP contribution in [-0.4, -0.2) is 166 Å². The van der Waals surface area contributed by atoms with E-state index in [1.165, 1.54) is 12.0 Å². The average Bonchev–Trinajstić information content (AvgIpc) is 3.38. The zero-order chi connectivity index (χ0) is 56.3. The highest BCUT2D eigenvalue weighted by Crippen LogP contribution is 2.38. The lowest BCUT2D eigenvalue weighted by atomic mass is 9.78. The van der Waals surface area contributed by atoms with Crippen molar-refractivity contribution in [2.75, 3.05) is 34.5 Å². The van der Waals surface area contributed by atoms with Crippen LogP contribution in [0.4, 0.5) is 0 Å². The molecule has 3 aliphatic heterocycles. The number of aliphatic hydroxyl groups is 4. The van der Waals surface area contributed by atoms with Gasteiger partial charge in [0.05, 0.1) is 24.4 Å². The molecule has 0 unspecified atom stereocenters. The maximum atomic E-state index is 14.4. The lowest BCUT2D eigenvalue weighted by molar-refractivity contribution is -0.265. The van der Waals surface area contributed by atoms with E-state index in [4.69, 9.17) is 39.6 Å². The standard InChI is InChI=1S/C51H79NO13.C5H9NO4/c1-30-16-12-11-13-17-31(2)42(61-8)28-38-21-19-36(7)51(60,65-38)48(57)49(58)52-23-15-14-18-39(52)50(59)64-43(33(4)26-37-20-22-40(53)44(27-37)62-9)29-41(54)32(3)25-35(6)46(56)47(63-10)45(55)34(5)24-30;6-4(5(9)10)1-3(8)2-7/h11-13,16-17,25,30,32-34,36-40,42-44,46-47,53,56,60H,14-15,18-24,26-29H2,1-10H3;4,7H,1-2,6H2,(H,9,10)/b13-11+,16-12-,31-17+,35-25+;/t30-,32-,33-,34-,36-,37+,38+,39+,40-,42+,43+,44-,46-,47+,51-;4-/m10/s1. The number of aliphatic hydroxyl groups excluding tert-OH is 3. The first-order chi connectivity index (χ1) is 35.3. The molecule has 1 aliphatic carbocycles. The summed E-state index contributed by atoms with van der Waals surface area (Å²) in [7, 11) is 4.52. The van der Waals surface area contributed by atoms with Crippen molar-refractivity contribution in [3.05, 3.63) is 47.6 Å². The molecule has 4 rings (SSSR count). The van der Waals surface area contributed by atoms with Crippen molar-refractivity contribution in [1.82, 2.24) is 4.90 Å². The van der Waals surface area contributed by atoms with Crippen molar-refractivity contribution in [1.29, 1.82) is 0 Å². The third-order valence-electron chi connectivity index (χ3n) is 15.4. The van der Waals surface area contributed by atoms with Crippen LogP contribution >= 0.6 is 0 Å². The van der Waals surface area contributed by atoms with Crippen LogP contribution in [-0.2, 0) is 57.2 Å². The Balaban J connectivity index is 0.00000134. The number of nitrogens with zero attached hydrogens (tertiary/aromatic N) is 1. The number of nitrogens with two attached hydrogens (primary N) is 1. The molecule has 0 aromatic rings. The van der Waals surface area contributed by atoms with Gasteiger partial charge >= 0.3 is 11.9 Å². The molecule has 3 fully saturated rings. The van der Waals surface area contributed by atoms with Gasteiger partial charge in [0.25, 0.3) is 11.7 Å². The lowest BCUT2D eigenvalue weighted by Crippen LogP contribution is -2.61. The summed E-state index contributed by atoms with van der Waals surface area (Å²) in [6, 6.07) is -2.33. The molecular formula is C56H88N2O17. The Hall–Kier alpha value is -4.31. The number of allylic oxidation sites excluding steroid dienone is 6. The van der Waals surface area contributed by atoms with Crippen molar-refractivity contribution in [2.45, 2.75) is 193 Å². The largest absolute Gasteiger partial charge is 0.480 e. The summed E-state index contributed by atoms with van der Waals surface area (Å²) in [6.45, 7) is 12.1. The van der Waals surface area contributed by atoms with Gasteiger partial charge in [0.15, 0.2) is 11.6 Å². The first kappa shape index (κ1) is 65.0. The van der Waals surface area contributed by atoms with E-state index in [2.05, 4.69) is 0 Å². The van der Waals surface area contributed by atoms with Gasteiger partial charge in [-0.2, -0.15) is 0 Å². The minimum atomic E-state index is -2.43.